The number of hydrogen-bond donors (Lipinski definition) is 0. The van der Waals surface area contributed by atoms with Crippen molar-refractivity contribution < 1.29 is 27.8 Å². The summed E-state index contributed by atoms with van der Waals surface area (Å²) in [7, 11) is 0. The number of nitrogens with zero attached hydrogens (tertiary/aromatic N) is 1. The standard InChI is InChI=1S/C25H32FNO5/c1-4-18(25(28)29-5-2)13-14-30-21-7-6-8-22(15-21)31-16-23-17(3)32-24(27-23)19-9-11-20(26)12-10-19/h9-13,21-22H,4-8,14-16H2,1-3H3/t21-,22+/m1/s1. The highest BCUT2D eigenvalue weighted by Gasteiger charge is 2.24. The Hall–Kier alpha value is -2.51. The van der Waals surface area contributed by atoms with Crippen LogP contribution in [0.15, 0.2) is 40.3 Å². The minimum absolute atomic E-state index is 0.0822. The Balaban J connectivity index is 1.49. The summed E-state index contributed by atoms with van der Waals surface area (Å²) in [5.74, 6) is 0.596. The monoisotopic (exact) mass is 445 g/mol. The van der Waals surface area contributed by atoms with Gasteiger partial charge in [0, 0.05) is 11.1 Å². The van der Waals surface area contributed by atoms with E-state index in [0.29, 0.717) is 43.5 Å². The van der Waals surface area contributed by atoms with E-state index in [-0.39, 0.29) is 24.0 Å². The highest BCUT2D eigenvalue weighted by atomic mass is 19.1. The number of esters is 1. The van der Waals surface area contributed by atoms with Crippen LogP contribution in [0.3, 0.4) is 0 Å². The van der Waals surface area contributed by atoms with Crippen LogP contribution in [-0.2, 0) is 25.6 Å². The summed E-state index contributed by atoms with van der Waals surface area (Å²) in [4.78, 5) is 16.4. The smallest absolute Gasteiger partial charge is 0.333 e. The van der Waals surface area contributed by atoms with Crippen LogP contribution in [0, 0.1) is 12.7 Å². The van der Waals surface area contributed by atoms with Gasteiger partial charge in [-0.3, -0.25) is 0 Å². The predicted octanol–water partition coefficient (Wildman–Crippen LogP) is 5.53. The summed E-state index contributed by atoms with van der Waals surface area (Å²) in [5, 5.41) is 0. The Bertz CT molecular complexity index is 906. The van der Waals surface area contributed by atoms with E-state index < -0.39 is 0 Å². The summed E-state index contributed by atoms with van der Waals surface area (Å²) in [5.41, 5.74) is 2.13. The van der Waals surface area contributed by atoms with Gasteiger partial charge < -0.3 is 18.6 Å². The molecule has 6 nitrogen and oxygen atoms in total. The molecule has 1 fully saturated rings. The molecule has 1 aliphatic carbocycles. The zero-order valence-corrected chi connectivity index (χ0v) is 19.1. The van der Waals surface area contributed by atoms with Crippen LogP contribution >= 0.6 is 0 Å². The molecule has 2 aromatic rings. The molecule has 7 heteroatoms. The highest BCUT2D eigenvalue weighted by Crippen LogP contribution is 2.26. The van der Waals surface area contributed by atoms with Gasteiger partial charge in [-0.1, -0.05) is 6.92 Å². The molecule has 0 spiro atoms. The molecule has 0 radical (unpaired) electrons. The Kier molecular flexibility index (Phi) is 9.00. The summed E-state index contributed by atoms with van der Waals surface area (Å²) >= 11 is 0. The molecule has 1 aromatic carbocycles. The van der Waals surface area contributed by atoms with E-state index in [4.69, 9.17) is 18.6 Å². The lowest BCUT2D eigenvalue weighted by Crippen LogP contribution is -2.28. The Morgan fingerprint density at radius 2 is 1.91 bits per heavy atom. The van der Waals surface area contributed by atoms with Gasteiger partial charge in [-0.15, -0.1) is 0 Å². The molecule has 32 heavy (non-hydrogen) atoms. The van der Waals surface area contributed by atoms with Gasteiger partial charge in [0.15, 0.2) is 0 Å². The molecule has 174 valence electrons. The van der Waals surface area contributed by atoms with Crippen LogP contribution in [-0.4, -0.2) is 36.4 Å². The Labute approximate surface area is 188 Å². The molecule has 0 amide bonds. The van der Waals surface area contributed by atoms with E-state index >= 15 is 0 Å². The maximum atomic E-state index is 13.1. The second-order valence-corrected chi connectivity index (χ2v) is 7.89. The molecule has 0 unspecified atom stereocenters. The van der Waals surface area contributed by atoms with E-state index in [1.165, 1.54) is 12.1 Å². The minimum atomic E-state index is -0.294. The van der Waals surface area contributed by atoms with Crippen LogP contribution in [0.1, 0.15) is 57.4 Å². The van der Waals surface area contributed by atoms with Gasteiger partial charge in [-0.2, -0.15) is 0 Å². The van der Waals surface area contributed by atoms with E-state index in [0.717, 1.165) is 36.9 Å². The van der Waals surface area contributed by atoms with Crippen LogP contribution in [0.4, 0.5) is 4.39 Å². The first-order chi connectivity index (χ1) is 15.5. The van der Waals surface area contributed by atoms with Crippen LogP contribution < -0.4 is 0 Å². The lowest BCUT2D eigenvalue weighted by molar-refractivity contribution is -0.138. The fourth-order valence-corrected chi connectivity index (χ4v) is 3.76. The topological polar surface area (TPSA) is 70.8 Å². The summed E-state index contributed by atoms with van der Waals surface area (Å²) < 4.78 is 36.1. The zero-order valence-electron chi connectivity index (χ0n) is 19.1. The molecular weight excluding hydrogens is 413 g/mol. The highest BCUT2D eigenvalue weighted by molar-refractivity contribution is 5.88. The third-order valence-electron chi connectivity index (χ3n) is 5.60. The number of hydrogen-bond acceptors (Lipinski definition) is 6. The van der Waals surface area contributed by atoms with Crippen molar-refractivity contribution in [3.8, 4) is 11.5 Å². The van der Waals surface area contributed by atoms with Gasteiger partial charge in [0.1, 0.15) is 17.3 Å². The van der Waals surface area contributed by atoms with Crippen molar-refractivity contribution in [2.75, 3.05) is 13.2 Å². The van der Waals surface area contributed by atoms with Crippen molar-refractivity contribution in [2.24, 2.45) is 0 Å². The molecule has 0 aliphatic heterocycles. The van der Waals surface area contributed by atoms with Gasteiger partial charge in [0.2, 0.25) is 5.89 Å². The minimum Gasteiger partial charge on any atom is -0.463 e. The molecule has 1 aromatic heterocycles. The largest absolute Gasteiger partial charge is 0.463 e. The molecule has 1 saturated carbocycles. The maximum Gasteiger partial charge on any atom is 0.333 e. The number of oxazole rings is 1. The second-order valence-electron chi connectivity index (χ2n) is 7.89. The first kappa shape index (κ1) is 24.1. The van der Waals surface area contributed by atoms with Crippen molar-refractivity contribution in [1.29, 1.82) is 0 Å². The van der Waals surface area contributed by atoms with Gasteiger partial charge in [-0.05, 0) is 76.3 Å². The number of carbonyl (C=O) groups excluding carboxylic acids is 1. The first-order valence-corrected chi connectivity index (χ1v) is 11.3. The number of aryl methyl sites for hydroxylation is 1. The van der Waals surface area contributed by atoms with Gasteiger partial charge in [-0.25, -0.2) is 14.2 Å². The lowest BCUT2D eigenvalue weighted by Gasteiger charge is -2.28. The Morgan fingerprint density at radius 3 is 2.59 bits per heavy atom. The number of benzene rings is 1. The van der Waals surface area contributed by atoms with Crippen molar-refractivity contribution >= 4 is 5.97 Å². The number of aromatic nitrogens is 1. The van der Waals surface area contributed by atoms with Crippen molar-refractivity contribution in [1.82, 2.24) is 4.98 Å². The molecule has 1 heterocycles. The molecule has 0 N–H and O–H groups in total. The third kappa shape index (κ3) is 6.74. The predicted molar refractivity (Wildman–Crippen MR) is 118 cm³/mol. The van der Waals surface area contributed by atoms with E-state index in [1.54, 1.807) is 19.1 Å². The second kappa shape index (κ2) is 11.9. The quantitative estimate of drug-likeness (QED) is 0.354. The fraction of sp³-hybridized carbons (Fsp3) is 0.520. The van der Waals surface area contributed by atoms with E-state index in [2.05, 4.69) is 4.98 Å². The van der Waals surface area contributed by atoms with Gasteiger partial charge >= 0.3 is 5.97 Å². The van der Waals surface area contributed by atoms with Gasteiger partial charge in [0.05, 0.1) is 32.0 Å². The van der Waals surface area contributed by atoms with Crippen molar-refractivity contribution in [2.45, 2.75) is 71.7 Å². The zero-order chi connectivity index (χ0) is 22.9. The molecule has 0 saturated heterocycles. The molecule has 0 bridgehead atoms. The fourth-order valence-electron chi connectivity index (χ4n) is 3.76. The summed E-state index contributed by atoms with van der Waals surface area (Å²) in [6.45, 7) is 6.70. The first-order valence-electron chi connectivity index (χ1n) is 11.3. The number of carbonyl (C=O) groups is 1. The number of ether oxygens (including phenoxy) is 3. The normalized spacial score (nSPS) is 19.2. The van der Waals surface area contributed by atoms with Crippen LogP contribution in [0.25, 0.3) is 11.5 Å². The summed E-state index contributed by atoms with van der Waals surface area (Å²) in [6, 6.07) is 6.07. The van der Waals surface area contributed by atoms with Crippen molar-refractivity contribution in [3.05, 3.63) is 53.2 Å². The molecule has 3 rings (SSSR count). The average molecular weight is 446 g/mol. The van der Waals surface area contributed by atoms with E-state index in [9.17, 15) is 9.18 Å². The molecule has 2 atom stereocenters. The lowest BCUT2D eigenvalue weighted by atomic mass is 9.95. The average Bonchev–Trinajstić information content (AvgIpc) is 3.16. The van der Waals surface area contributed by atoms with Gasteiger partial charge in [0.25, 0.3) is 0 Å². The Morgan fingerprint density at radius 1 is 1.19 bits per heavy atom. The maximum absolute atomic E-state index is 13.1. The molecular formula is C25H32FNO5. The SMILES string of the molecule is CCOC(=O)C(=CCO[C@@H]1CCC[C@H](OCc2nc(-c3ccc(F)cc3)oc2C)C1)CC. The summed E-state index contributed by atoms with van der Waals surface area (Å²) in [6.07, 6.45) is 6.39. The third-order valence-corrected chi connectivity index (χ3v) is 5.60. The van der Waals surface area contributed by atoms with Crippen molar-refractivity contribution in [3.63, 3.8) is 0 Å². The number of halogens is 1. The molecule has 1 aliphatic rings. The van der Waals surface area contributed by atoms with E-state index in [1.807, 2.05) is 19.9 Å². The van der Waals surface area contributed by atoms with Crippen LogP contribution in [0.2, 0.25) is 0 Å². The van der Waals surface area contributed by atoms with Crippen LogP contribution in [0.5, 0.6) is 0 Å². The number of rotatable bonds is 10.